The van der Waals surface area contributed by atoms with Crippen molar-refractivity contribution in [3.05, 3.63) is 21.3 Å². The maximum Gasteiger partial charge on any atom is 0.193 e. The van der Waals surface area contributed by atoms with Crippen LogP contribution >= 0.6 is 46.9 Å². The van der Waals surface area contributed by atoms with Crippen LogP contribution in [0.3, 0.4) is 0 Å². The van der Waals surface area contributed by atoms with Crippen molar-refractivity contribution in [2.45, 2.75) is 33.1 Å². The third-order valence-corrected chi connectivity index (χ3v) is 4.08. The summed E-state index contributed by atoms with van der Waals surface area (Å²) >= 11 is 7.56. The number of hydrogen-bond acceptors (Lipinski definition) is 2. The van der Waals surface area contributed by atoms with Gasteiger partial charge in [-0.05, 0) is 25.5 Å². The minimum absolute atomic E-state index is 0. The number of rotatable bonds is 7. The van der Waals surface area contributed by atoms with Crippen LogP contribution in [-0.2, 0) is 6.42 Å². The summed E-state index contributed by atoms with van der Waals surface area (Å²) in [6, 6.07) is 4.03. The van der Waals surface area contributed by atoms with E-state index in [2.05, 4.69) is 42.2 Å². The van der Waals surface area contributed by atoms with Crippen LogP contribution in [0.25, 0.3) is 0 Å². The third-order valence-electron chi connectivity index (χ3n) is 2.79. The fraction of sp³-hybridized carbons (Fsp3) is 0.643. The molecule has 0 atom stereocenters. The van der Waals surface area contributed by atoms with Crippen molar-refractivity contribution in [3.63, 3.8) is 0 Å². The van der Waals surface area contributed by atoms with Crippen LogP contribution in [-0.4, -0.2) is 37.5 Å². The van der Waals surface area contributed by atoms with E-state index < -0.39 is 0 Å². The molecule has 0 fully saturated rings. The molecular formula is C14H25ClIN3S. The van der Waals surface area contributed by atoms with Gasteiger partial charge >= 0.3 is 0 Å². The molecule has 20 heavy (non-hydrogen) atoms. The zero-order valence-corrected chi connectivity index (χ0v) is 16.4. The lowest BCUT2D eigenvalue weighted by atomic mass is 10.3. The maximum atomic E-state index is 5.92. The van der Waals surface area contributed by atoms with Gasteiger partial charge in [-0.25, -0.2) is 0 Å². The summed E-state index contributed by atoms with van der Waals surface area (Å²) in [5, 5.41) is 3.34. The molecule has 0 spiro atoms. The Morgan fingerprint density at radius 2 is 2.15 bits per heavy atom. The molecule has 0 aliphatic heterocycles. The average Bonchev–Trinajstić information content (AvgIpc) is 2.80. The molecule has 6 heteroatoms. The van der Waals surface area contributed by atoms with Gasteiger partial charge in [0.25, 0.3) is 0 Å². The molecular weight excluding hydrogens is 405 g/mol. The normalized spacial score (nSPS) is 11.1. The predicted octanol–water partition coefficient (Wildman–Crippen LogP) is 4.26. The number of nitrogens with zero attached hydrogens (tertiary/aromatic N) is 2. The molecule has 0 aliphatic carbocycles. The van der Waals surface area contributed by atoms with E-state index >= 15 is 0 Å². The molecule has 1 N–H and O–H groups in total. The second-order valence-electron chi connectivity index (χ2n) is 4.47. The zero-order valence-electron chi connectivity index (χ0n) is 12.5. The van der Waals surface area contributed by atoms with Crippen molar-refractivity contribution in [1.82, 2.24) is 10.2 Å². The van der Waals surface area contributed by atoms with Gasteiger partial charge in [0.2, 0.25) is 0 Å². The maximum absolute atomic E-state index is 5.92. The van der Waals surface area contributed by atoms with Crippen molar-refractivity contribution in [2.24, 2.45) is 4.99 Å². The first kappa shape index (κ1) is 20.0. The molecule has 0 aliphatic rings. The molecule has 3 nitrogen and oxygen atoms in total. The lowest BCUT2D eigenvalue weighted by Crippen LogP contribution is -2.39. The van der Waals surface area contributed by atoms with Crippen LogP contribution < -0.4 is 5.32 Å². The van der Waals surface area contributed by atoms with Gasteiger partial charge < -0.3 is 10.2 Å². The summed E-state index contributed by atoms with van der Waals surface area (Å²) in [4.78, 5) is 8.16. The van der Waals surface area contributed by atoms with Gasteiger partial charge in [0.1, 0.15) is 0 Å². The number of unbranched alkanes of at least 4 members (excludes halogenated alkanes) is 1. The Kier molecular flexibility index (Phi) is 11.6. The van der Waals surface area contributed by atoms with Crippen LogP contribution in [0.15, 0.2) is 17.1 Å². The van der Waals surface area contributed by atoms with Crippen LogP contribution in [0.4, 0.5) is 0 Å². The number of halogens is 2. The van der Waals surface area contributed by atoms with Gasteiger partial charge in [-0.3, -0.25) is 4.99 Å². The van der Waals surface area contributed by atoms with E-state index in [1.807, 2.05) is 6.07 Å². The number of hydrogen-bond donors (Lipinski definition) is 1. The number of aliphatic imine (C=N–C) groups is 1. The van der Waals surface area contributed by atoms with Crippen LogP contribution in [0, 0.1) is 0 Å². The zero-order chi connectivity index (χ0) is 14.1. The molecule has 0 radical (unpaired) electrons. The van der Waals surface area contributed by atoms with Crippen molar-refractivity contribution >= 4 is 52.9 Å². The van der Waals surface area contributed by atoms with Gasteiger partial charge in [0.15, 0.2) is 5.96 Å². The van der Waals surface area contributed by atoms with Crippen molar-refractivity contribution in [2.75, 3.05) is 26.7 Å². The number of nitrogens with one attached hydrogen (secondary N) is 1. The molecule has 116 valence electrons. The molecule has 1 rings (SSSR count). The SMILES string of the molecule is CCCCN(C)C(=NCCc1ccc(Cl)s1)NCC.I. The van der Waals surface area contributed by atoms with Crippen LogP contribution in [0.5, 0.6) is 0 Å². The number of thiophene rings is 1. The Labute approximate surface area is 148 Å². The first-order chi connectivity index (χ1) is 9.17. The smallest absolute Gasteiger partial charge is 0.193 e. The molecule has 1 aromatic heterocycles. The first-order valence-electron chi connectivity index (χ1n) is 6.91. The van der Waals surface area contributed by atoms with E-state index in [0.717, 1.165) is 36.4 Å². The van der Waals surface area contributed by atoms with Gasteiger partial charge in [-0.2, -0.15) is 0 Å². The highest BCUT2D eigenvalue weighted by Crippen LogP contribution is 2.21. The van der Waals surface area contributed by atoms with E-state index in [0.29, 0.717) is 0 Å². The lowest BCUT2D eigenvalue weighted by molar-refractivity contribution is 0.465. The molecule has 0 unspecified atom stereocenters. The first-order valence-corrected chi connectivity index (χ1v) is 8.10. The van der Waals surface area contributed by atoms with Crippen molar-refractivity contribution < 1.29 is 0 Å². The Morgan fingerprint density at radius 1 is 1.40 bits per heavy atom. The summed E-state index contributed by atoms with van der Waals surface area (Å²) in [6.07, 6.45) is 3.35. The van der Waals surface area contributed by atoms with Crippen molar-refractivity contribution in [1.29, 1.82) is 0 Å². The molecule has 1 aromatic rings. The van der Waals surface area contributed by atoms with E-state index in [9.17, 15) is 0 Å². The standard InChI is InChI=1S/C14H24ClN3S.HI/c1-4-6-11-18(3)14(16-5-2)17-10-9-12-7-8-13(15)19-12;/h7-8H,4-6,9-11H2,1-3H3,(H,16,17);1H. The summed E-state index contributed by atoms with van der Waals surface area (Å²) in [5.74, 6) is 0.999. The molecule has 0 aromatic carbocycles. The van der Waals surface area contributed by atoms with Gasteiger partial charge in [-0.15, -0.1) is 35.3 Å². The molecule has 0 amide bonds. The minimum Gasteiger partial charge on any atom is -0.357 e. The number of guanidine groups is 1. The Bertz CT molecular complexity index is 396. The Hall–Kier alpha value is -0.0100. The molecule has 0 saturated carbocycles. The highest BCUT2D eigenvalue weighted by atomic mass is 127. The van der Waals surface area contributed by atoms with E-state index in [4.69, 9.17) is 11.6 Å². The second kappa shape index (κ2) is 11.6. The van der Waals surface area contributed by atoms with Crippen LogP contribution in [0.1, 0.15) is 31.6 Å². The summed E-state index contributed by atoms with van der Waals surface area (Å²) in [7, 11) is 2.10. The van der Waals surface area contributed by atoms with Gasteiger partial charge in [0, 0.05) is 38.0 Å². The summed E-state index contributed by atoms with van der Waals surface area (Å²) < 4.78 is 0.853. The average molecular weight is 430 g/mol. The quantitative estimate of drug-likeness (QED) is 0.398. The lowest BCUT2D eigenvalue weighted by Gasteiger charge is -2.21. The highest BCUT2D eigenvalue weighted by Gasteiger charge is 2.04. The third kappa shape index (κ3) is 7.69. The van der Waals surface area contributed by atoms with E-state index in [-0.39, 0.29) is 24.0 Å². The monoisotopic (exact) mass is 429 g/mol. The van der Waals surface area contributed by atoms with E-state index in [1.54, 1.807) is 11.3 Å². The van der Waals surface area contributed by atoms with Gasteiger partial charge in [-0.1, -0.05) is 24.9 Å². The Morgan fingerprint density at radius 3 is 2.70 bits per heavy atom. The van der Waals surface area contributed by atoms with Crippen molar-refractivity contribution in [3.8, 4) is 0 Å². The predicted molar refractivity (Wildman–Crippen MR) is 102 cm³/mol. The molecule has 0 bridgehead atoms. The summed E-state index contributed by atoms with van der Waals surface area (Å²) in [6.45, 7) is 7.06. The molecule has 1 heterocycles. The van der Waals surface area contributed by atoms with E-state index in [1.165, 1.54) is 17.7 Å². The fourth-order valence-electron chi connectivity index (χ4n) is 1.73. The fourth-order valence-corrected chi connectivity index (χ4v) is 2.81. The summed E-state index contributed by atoms with van der Waals surface area (Å²) in [5.41, 5.74) is 0. The topological polar surface area (TPSA) is 27.6 Å². The second-order valence-corrected chi connectivity index (χ2v) is 6.27. The minimum atomic E-state index is 0. The van der Waals surface area contributed by atoms with Gasteiger partial charge in [0.05, 0.1) is 4.34 Å². The largest absolute Gasteiger partial charge is 0.357 e. The highest BCUT2D eigenvalue weighted by molar-refractivity contribution is 14.0. The molecule has 0 saturated heterocycles. The van der Waals surface area contributed by atoms with Crippen LogP contribution in [0.2, 0.25) is 4.34 Å². The Balaban J connectivity index is 0.00000361.